The summed E-state index contributed by atoms with van der Waals surface area (Å²) in [6, 6.07) is 15.6. The lowest BCUT2D eigenvalue weighted by Crippen LogP contribution is -2.34. The second kappa shape index (κ2) is 8.93. The van der Waals surface area contributed by atoms with Crippen molar-refractivity contribution in [3.8, 4) is 12.3 Å². The lowest BCUT2D eigenvalue weighted by molar-refractivity contribution is 0.240. The molecule has 0 aliphatic carbocycles. The van der Waals surface area contributed by atoms with Crippen LogP contribution in [0.25, 0.3) is 5.57 Å². The van der Waals surface area contributed by atoms with E-state index in [4.69, 9.17) is 6.42 Å². The SMILES string of the molecule is C#CCCC1(CCN2CCC(=C(c3ccc(C)cc3)c3ccc(F)cc3)CC2)N=N1. The first-order valence-corrected chi connectivity index (χ1v) is 10.7. The zero-order valence-corrected chi connectivity index (χ0v) is 17.6. The molecule has 2 aromatic carbocycles. The van der Waals surface area contributed by atoms with Crippen molar-refractivity contribution in [2.24, 2.45) is 10.2 Å². The van der Waals surface area contributed by atoms with Crippen LogP contribution in [0, 0.1) is 25.1 Å². The highest BCUT2D eigenvalue weighted by Gasteiger charge is 2.39. The Kier molecular flexibility index (Phi) is 6.11. The molecular formula is C26H28FN3. The van der Waals surface area contributed by atoms with E-state index >= 15 is 0 Å². The molecule has 0 N–H and O–H groups in total. The van der Waals surface area contributed by atoms with E-state index in [1.807, 2.05) is 12.1 Å². The van der Waals surface area contributed by atoms with Crippen LogP contribution in [-0.4, -0.2) is 30.2 Å². The Hall–Kier alpha value is -2.77. The fourth-order valence-electron chi connectivity index (χ4n) is 4.21. The van der Waals surface area contributed by atoms with Gasteiger partial charge in [0, 0.05) is 38.9 Å². The minimum Gasteiger partial charge on any atom is -0.303 e. The van der Waals surface area contributed by atoms with Gasteiger partial charge >= 0.3 is 0 Å². The van der Waals surface area contributed by atoms with Crippen LogP contribution in [0.15, 0.2) is 64.3 Å². The van der Waals surface area contributed by atoms with Crippen molar-refractivity contribution in [3.63, 3.8) is 0 Å². The van der Waals surface area contributed by atoms with Crippen LogP contribution in [0.5, 0.6) is 0 Å². The molecule has 0 amide bonds. The predicted molar refractivity (Wildman–Crippen MR) is 120 cm³/mol. The average molecular weight is 402 g/mol. The van der Waals surface area contributed by atoms with Crippen molar-refractivity contribution in [1.82, 2.24) is 4.90 Å². The van der Waals surface area contributed by atoms with E-state index in [2.05, 4.69) is 52.2 Å². The molecule has 4 heteroatoms. The maximum Gasteiger partial charge on any atom is 0.193 e. The number of halogens is 1. The van der Waals surface area contributed by atoms with Crippen LogP contribution in [0.1, 0.15) is 48.8 Å². The maximum atomic E-state index is 13.5. The number of likely N-dealkylation sites (tertiary alicyclic amines) is 1. The van der Waals surface area contributed by atoms with E-state index in [9.17, 15) is 4.39 Å². The van der Waals surface area contributed by atoms with Crippen molar-refractivity contribution in [3.05, 3.63) is 76.6 Å². The van der Waals surface area contributed by atoms with Gasteiger partial charge in [-0.1, -0.05) is 47.5 Å². The summed E-state index contributed by atoms with van der Waals surface area (Å²) >= 11 is 0. The van der Waals surface area contributed by atoms with Gasteiger partial charge in [0.2, 0.25) is 0 Å². The van der Waals surface area contributed by atoms with Crippen molar-refractivity contribution >= 4 is 5.57 Å². The summed E-state index contributed by atoms with van der Waals surface area (Å²) in [4.78, 5) is 2.50. The number of nitrogens with zero attached hydrogens (tertiary/aromatic N) is 3. The molecule has 154 valence electrons. The van der Waals surface area contributed by atoms with Crippen LogP contribution >= 0.6 is 0 Å². The number of piperidine rings is 1. The minimum absolute atomic E-state index is 0.198. The molecule has 30 heavy (non-hydrogen) atoms. The van der Waals surface area contributed by atoms with Gasteiger partial charge in [-0.25, -0.2) is 4.39 Å². The molecule has 0 saturated carbocycles. The summed E-state index contributed by atoms with van der Waals surface area (Å²) in [5.41, 5.74) is 6.04. The Morgan fingerprint density at radius 2 is 1.60 bits per heavy atom. The Balaban J connectivity index is 1.47. The monoisotopic (exact) mass is 401 g/mol. The molecule has 0 spiro atoms. The Bertz CT molecular complexity index is 917. The lowest BCUT2D eigenvalue weighted by Gasteiger charge is -2.30. The Morgan fingerprint density at radius 1 is 1.00 bits per heavy atom. The van der Waals surface area contributed by atoms with Gasteiger partial charge in [-0.05, 0) is 48.6 Å². The molecule has 0 bridgehead atoms. The van der Waals surface area contributed by atoms with Crippen LogP contribution in [-0.2, 0) is 0 Å². The van der Waals surface area contributed by atoms with Crippen molar-refractivity contribution in [2.45, 2.75) is 44.7 Å². The second-order valence-electron chi connectivity index (χ2n) is 8.33. The highest BCUT2D eigenvalue weighted by atomic mass is 19.1. The third-order valence-corrected chi connectivity index (χ3v) is 6.17. The van der Waals surface area contributed by atoms with Crippen molar-refractivity contribution in [1.29, 1.82) is 0 Å². The van der Waals surface area contributed by atoms with Crippen molar-refractivity contribution < 1.29 is 4.39 Å². The van der Waals surface area contributed by atoms with Gasteiger partial charge in [0.05, 0.1) is 0 Å². The van der Waals surface area contributed by atoms with Gasteiger partial charge in [-0.2, -0.15) is 10.2 Å². The van der Waals surface area contributed by atoms with E-state index in [1.54, 1.807) is 12.1 Å². The molecule has 2 aliphatic rings. The number of aryl methyl sites for hydroxylation is 1. The molecule has 1 saturated heterocycles. The molecule has 3 nitrogen and oxygen atoms in total. The summed E-state index contributed by atoms with van der Waals surface area (Å²) in [5.74, 6) is 2.50. The number of benzene rings is 2. The summed E-state index contributed by atoms with van der Waals surface area (Å²) in [7, 11) is 0. The summed E-state index contributed by atoms with van der Waals surface area (Å²) in [6.45, 7) is 5.15. The van der Waals surface area contributed by atoms with E-state index in [0.717, 1.165) is 57.3 Å². The third-order valence-electron chi connectivity index (χ3n) is 6.17. The van der Waals surface area contributed by atoms with Crippen molar-refractivity contribution in [2.75, 3.05) is 19.6 Å². The van der Waals surface area contributed by atoms with E-state index < -0.39 is 0 Å². The largest absolute Gasteiger partial charge is 0.303 e. The molecule has 0 unspecified atom stereocenters. The first-order valence-electron chi connectivity index (χ1n) is 10.7. The minimum atomic E-state index is -0.205. The fourth-order valence-corrected chi connectivity index (χ4v) is 4.21. The van der Waals surface area contributed by atoms with Gasteiger partial charge in [0.1, 0.15) is 5.82 Å². The van der Waals surface area contributed by atoms with Gasteiger partial charge in [-0.15, -0.1) is 12.3 Å². The third kappa shape index (κ3) is 4.86. The van der Waals surface area contributed by atoms with Gasteiger partial charge < -0.3 is 4.90 Å². The van der Waals surface area contributed by atoms with E-state index in [0.29, 0.717) is 0 Å². The molecule has 0 aromatic heterocycles. The summed E-state index contributed by atoms with van der Waals surface area (Å²) in [6.07, 6.45) is 9.98. The number of terminal acetylenes is 1. The number of hydrogen-bond donors (Lipinski definition) is 0. The molecule has 2 heterocycles. The zero-order chi connectivity index (χ0) is 21.0. The van der Waals surface area contributed by atoms with E-state index in [-0.39, 0.29) is 11.5 Å². The quantitative estimate of drug-likeness (QED) is 0.523. The second-order valence-corrected chi connectivity index (χ2v) is 8.33. The van der Waals surface area contributed by atoms with Gasteiger partial charge in [0.15, 0.2) is 5.66 Å². The average Bonchev–Trinajstić information content (AvgIpc) is 3.55. The molecule has 0 atom stereocenters. The Labute approximate surface area is 178 Å². The van der Waals surface area contributed by atoms with Gasteiger partial charge in [-0.3, -0.25) is 0 Å². The van der Waals surface area contributed by atoms with Crippen LogP contribution in [0.4, 0.5) is 4.39 Å². The normalized spacial score (nSPS) is 17.6. The molecule has 0 radical (unpaired) electrons. The van der Waals surface area contributed by atoms with Crippen LogP contribution < -0.4 is 0 Å². The molecule has 4 rings (SSSR count). The maximum absolute atomic E-state index is 13.5. The molecular weight excluding hydrogens is 373 g/mol. The highest BCUT2D eigenvalue weighted by Crippen LogP contribution is 2.37. The molecule has 1 fully saturated rings. The summed E-state index contributed by atoms with van der Waals surface area (Å²) < 4.78 is 13.5. The smallest absolute Gasteiger partial charge is 0.193 e. The molecule has 2 aromatic rings. The lowest BCUT2D eigenvalue weighted by atomic mass is 9.88. The molecule has 2 aliphatic heterocycles. The fraction of sp³-hybridized carbons (Fsp3) is 0.385. The standard InChI is InChI=1S/C26H28FN3/c1-3-4-15-26(28-29-26)16-19-30-17-13-23(14-18-30)25(21-7-5-20(2)6-8-21)22-9-11-24(27)12-10-22/h1,5-12H,4,13-19H2,2H3. The first-order chi connectivity index (χ1) is 14.6. The van der Waals surface area contributed by atoms with E-state index in [1.165, 1.54) is 22.3 Å². The number of rotatable bonds is 7. The van der Waals surface area contributed by atoms with Crippen LogP contribution in [0.3, 0.4) is 0 Å². The predicted octanol–water partition coefficient (Wildman–Crippen LogP) is 6.00. The Morgan fingerprint density at radius 3 is 2.17 bits per heavy atom. The topological polar surface area (TPSA) is 28.0 Å². The zero-order valence-electron chi connectivity index (χ0n) is 17.6. The highest BCUT2D eigenvalue weighted by molar-refractivity contribution is 5.82. The number of hydrogen-bond acceptors (Lipinski definition) is 3. The van der Waals surface area contributed by atoms with Gasteiger partial charge in [0.25, 0.3) is 0 Å². The van der Waals surface area contributed by atoms with Crippen LogP contribution in [0.2, 0.25) is 0 Å². The first kappa shape index (κ1) is 20.5. The summed E-state index contributed by atoms with van der Waals surface area (Å²) in [5, 5.41) is 8.51.